The van der Waals surface area contributed by atoms with Gasteiger partial charge in [-0.05, 0) is 36.6 Å². The molecular formula is C21H21ClN4O. The average molecular weight is 381 g/mol. The van der Waals surface area contributed by atoms with Gasteiger partial charge in [-0.15, -0.1) is 0 Å². The Morgan fingerprint density at radius 1 is 1.07 bits per heavy atom. The number of nitrogens with zero attached hydrogens (tertiary/aromatic N) is 4. The molecule has 138 valence electrons. The first kappa shape index (κ1) is 17.7. The van der Waals surface area contributed by atoms with Crippen LogP contribution in [0.3, 0.4) is 0 Å². The highest BCUT2D eigenvalue weighted by Crippen LogP contribution is 2.42. The van der Waals surface area contributed by atoms with Crippen molar-refractivity contribution < 1.29 is 4.79 Å². The van der Waals surface area contributed by atoms with Crippen LogP contribution in [0.15, 0.2) is 54.9 Å². The van der Waals surface area contributed by atoms with Gasteiger partial charge in [-0.3, -0.25) is 9.69 Å². The van der Waals surface area contributed by atoms with E-state index in [0.29, 0.717) is 17.4 Å². The maximum absolute atomic E-state index is 12.8. The minimum atomic E-state index is -0.113. The van der Waals surface area contributed by atoms with E-state index in [4.69, 9.17) is 11.6 Å². The number of fused-ring (bicyclic) bond motifs is 1. The molecule has 0 spiro atoms. The lowest BCUT2D eigenvalue weighted by molar-refractivity contribution is -0.119. The lowest BCUT2D eigenvalue weighted by atomic mass is 9.91. The second kappa shape index (κ2) is 7.16. The highest BCUT2D eigenvalue weighted by atomic mass is 35.5. The molecule has 6 heteroatoms. The quantitative estimate of drug-likeness (QED) is 0.660. The van der Waals surface area contributed by atoms with Crippen molar-refractivity contribution in [2.24, 2.45) is 0 Å². The highest BCUT2D eigenvalue weighted by Gasteiger charge is 2.38. The summed E-state index contributed by atoms with van der Waals surface area (Å²) in [6.07, 6.45) is 2.66. The number of aryl methyl sites for hydroxylation is 1. The summed E-state index contributed by atoms with van der Waals surface area (Å²) in [6, 6.07) is 16.1. The molecule has 1 aliphatic rings. The van der Waals surface area contributed by atoms with Crippen molar-refractivity contribution in [3.05, 3.63) is 76.6 Å². The molecule has 1 aliphatic heterocycles. The number of hydrogen-bond donors (Lipinski definition) is 0. The summed E-state index contributed by atoms with van der Waals surface area (Å²) in [6.45, 7) is 3.94. The Labute approximate surface area is 163 Å². The van der Waals surface area contributed by atoms with Gasteiger partial charge in [-0.1, -0.05) is 60.5 Å². The molecule has 4 rings (SSSR count). The van der Waals surface area contributed by atoms with Crippen molar-refractivity contribution >= 4 is 23.5 Å². The van der Waals surface area contributed by atoms with Gasteiger partial charge in [0.25, 0.3) is 0 Å². The molecule has 1 aromatic heterocycles. The number of aromatic nitrogens is 3. The zero-order valence-corrected chi connectivity index (χ0v) is 16.1. The molecule has 2 atom stereocenters. The number of rotatable bonds is 3. The van der Waals surface area contributed by atoms with E-state index < -0.39 is 0 Å². The van der Waals surface area contributed by atoms with Crippen LogP contribution in [0.1, 0.15) is 48.5 Å². The van der Waals surface area contributed by atoms with Gasteiger partial charge < -0.3 is 0 Å². The number of carbonyl (C=O) groups excluding carboxylic acids is 1. The van der Waals surface area contributed by atoms with Crippen LogP contribution in [0.5, 0.6) is 0 Å². The fourth-order valence-electron chi connectivity index (χ4n) is 3.68. The van der Waals surface area contributed by atoms with Gasteiger partial charge in [0.1, 0.15) is 6.33 Å². The standard InChI is InChI=1S/C21H21ClN4O/c1-3-20(27)25-18(15-8-10-17(22)11-9-15)12-19(26-21(25)23-13-24-26)16-6-4-14(2)5-7-16/h4-11,13,18-19H,3,12H2,1-2H3/t18-,19+/m1/s1. The van der Waals surface area contributed by atoms with E-state index in [9.17, 15) is 4.79 Å². The van der Waals surface area contributed by atoms with Crippen LogP contribution in [0, 0.1) is 6.92 Å². The Morgan fingerprint density at radius 2 is 1.70 bits per heavy atom. The van der Waals surface area contributed by atoms with E-state index in [1.54, 1.807) is 4.90 Å². The SMILES string of the molecule is CCC(=O)N1c2ncnn2[C@H](c2ccc(C)cc2)C[C@@H]1c1ccc(Cl)cc1. The van der Waals surface area contributed by atoms with Gasteiger partial charge in [0, 0.05) is 11.4 Å². The van der Waals surface area contributed by atoms with Crippen LogP contribution in [0.4, 0.5) is 5.95 Å². The predicted molar refractivity (Wildman–Crippen MR) is 106 cm³/mol. The number of hydrogen-bond acceptors (Lipinski definition) is 3. The molecule has 2 aromatic carbocycles. The van der Waals surface area contributed by atoms with E-state index in [1.165, 1.54) is 11.9 Å². The molecule has 0 unspecified atom stereocenters. The minimum absolute atomic E-state index is 0.0182. The van der Waals surface area contributed by atoms with Crippen LogP contribution in [0.25, 0.3) is 0 Å². The normalized spacial score (nSPS) is 19.0. The van der Waals surface area contributed by atoms with E-state index in [2.05, 4.69) is 41.3 Å². The maximum Gasteiger partial charge on any atom is 0.231 e. The van der Waals surface area contributed by atoms with Gasteiger partial charge in [0.2, 0.25) is 11.9 Å². The third-order valence-electron chi connectivity index (χ3n) is 5.11. The number of amides is 1. The fraction of sp³-hybridized carbons (Fsp3) is 0.286. The van der Waals surface area contributed by atoms with Crippen LogP contribution in [-0.2, 0) is 4.79 Å². The predicted octanol–water partition coefficient (Wildman–Crippen LogP) is 4.72. The van der Waals surface area contributed by atoms with Crippen molar-refractivity contribution in [2.45, 2.75) is 38.8 Å². The molecular weight excluding hydrogens is 360 g/mol. The Hall–Kier alpha value is -2.66. The summed E-state index contributed by atoms with van der Waals surface area (Å²) in [7, 11) is 0. The zero-order chi connectivity index (χ0) is 19.0. The lowest BCUT2D eigenvalue weighted by Crippen LogP contribution is -2.42. The minimum Gasteiger partial charge on any atom is -0.274 e. The molecule has 0 fully saturated rings. The molecule has 3 aromatic rings. The van der Waals surface area contributed by atoms with Crippen molar-refractivity contribution in [1.29, 1.82) is 0 Å². The third kappa shape index (κ3) is 3.23. The number of anilines is 1. The first-order valence-corrected chi connectivity index (χ1v) is 9.50. The second-order valence-corrected chi connectivity index (χ2v) is 7.29. The summed E-state index contributed by atoms with van der Waals surface area (Å²) < 4.78 is 1.87. The molecule has 1 amide bonds. The molecule has 5 nitrogen and oxygen atoms in total. The fourth-order valence-corrected chi connectivity index (χ4v) is 3.81. The Bertz CT molecular complexity index is 949. The molecule has 0 aliphatic carbocycles. The van der Waals surface area contributed by atoms with Gasteiger partial charge in [0.15, 0.2) is 0 Å². The Morgan fingerprint density at radius 3 is 2.37 bits per heavy atom. The topological polar surface area (TPSA) is 51.0 Å². The summed E-state index contributed by atoms with van der Waals surface area (Å²) in [5, 5.41) is 5.12. The van der Waals surface area contributed by atoms with E-state index >= 15 is 0 Å². The number of carbonyl (C=O) groups is 1. The van der Waals surface area contributed by atoms with Crippen LogP contribution < -0.4 is 4.90 Å². The molecule has 0 bridgehead atoms. The number of benzene rings is 2. The van der Waals surface area contributed by atoms with E-state index in [1.807, 2.05) is 35.9 Å². The van der Waals surface area contributed by atoms with Crippen molar-refractivity contribution in [1.82, 2.24) is 14.8 Å². The van der Waals surface area contributed by atoms with Crippen LogP contribution in [-0.4, -0.2) is 20.7 Å². The second-order valence-electron chi connectivity index (χ2n) is 6.85. The molecule has 0 saturated heterocycles. The van der Waals surface area contributed by atoms with E-state index in [-0.39, 0.29) is 18.0 Å². The first-order chi connectivity index (χ1) is 13.1. The largest absolute Gasteiger partial charge is 0.274 e. The summed E-state index contributed by atoms with van der Waals surface area (Å²) in [5.41, 5.74) is 3.42. The Balaban J connectivity index is 1.83. The number of halogens is 1. The maximum atomic E-state index is 12.8. The monoisotopic (exact) mass is 380 g/mol. The van der Waals surface area contributed by atoms with E-state index in [0.717, 1.165) is 17.5 Å². The van der Waals surface area contributed by atoms with Crippen LogP contribution >= 0.6 is 11.6 Å². The summed E-state index contributed by atoms with van der Waals surface area (Å²) in [5.74, 6) is 0.630. The molecule has 2 heterocycles. The highest BCUT2D eigenvalue weighted by molar-refractivity contribution is 6.30. The van der Waals surface area contributed by atoms with Gasteiger partial charge in [0.05, 0.1) is 12.1 Å². The Kier molecular flexibility index (Phi) is 4.70. The molecule has 0 saturated carbocycles. The van der Waals surface area contributed by atoms with Gasteiger partial charge >= 0.3 is 0 Å². The lowest BCUT2D eigenvalue weighted by Gasteiger charge is -2.39. The summed E-state index contributed by atoms with van der Waals surface area (Å²) in [4.78, 5) is 19.0. The smallest absolute Gasteiger partial charge is 0.231 e. The third-order valence-corrected chi connectivity index (χ3v) is 5.36. The first-order valence-electron chi connectivity index (χ1n) is 9.12. The molecule has 27 heavy (non-hydrogen) atoms. The van der Waals surface area contributed by atoms with Crippen molar-refractivity contribution in [3.8, 4) is 0 Å². The summed E-state index contributed by atoms with van der Waals surface area (Å²) >= 11 is 6.07. The van der Waals surface area contributed by atoms with Gasteiger partial charge in [-0.25, -0.2) is 4.68 Å². The van der Waals surface area contributed by atoms with Crippen molar-refractivity contribution in [2.75, 3.05) is 4.90 Å². The average Bonchev–Trinajstić information content (AvgIpc) is 3.17. The molecule has 0 N–H and O–H groups in total. The van der Waals surface area contributed by atoms with Crippen molar-refractivity contribution in [3.63, 3.8) is 0 Å². The van der Waals surface area contributed by atoms with Crippen LogP contribution in [0.2, 0.25) is 5.02 Å². The van der Waals surface area contributed by atoms with Gasteiger partial charge in [-0.2, -0.15) is 10.1 Å². The molecule has 0 radical (unpaired) electrons. The zero-order valence-electron chi connectivity index (χ0n) is 15.3.